The van der Waals surface area contributed by atoms with E-state index in [4.69, 9.17) is 9.47 Å². The Labute approximate surface area is 151 Å². The number of carbonyl (C=O) groups is 1. The third kappa shape index (κ3) is 8.35. The predicted octanol–water partition coefficient (Wildman–Crippen LogP) is 3.59. The fraction of sp³-hybridized carbons (Fsp3) is 0.824. The van der Waals surface area contributed by atoms with Gasteiger partial charge in [0.1, 0.15) is 6.61 Å². The molecule has 1 saturated heterocycles. The summed E-state index contributed by atoms with van der Waals surface area (Å²) in [4.78, 5) is 12.8. The summed E-state index contributed by atoms with van der Waals surface area (Å²) in [5.41, 5.74) is -1.88. The molecule has 0 aliphatic carbocycles. The lowest BCUT2D eigenvalue weighted by molar-refractivity contribution is -0.153. The first-order chi connectivity index (χ1) is 12.4. The molecular weight excluding hydrogens is 358 g/mol. The van der Waals surface area contributed by atoms with Crippen molar-refractivity contribution < 1.29 is 36.6 Å². The lowest BCUT2D eigenvalue weighted by Crippen LogP contribution is -2.32. The zero-order valence-electron chi connectivity index (χ0n) is 15.1. The lowest BCUT2D eigenvalue weighted by Gasteiger charge is -2.24. The summed E-state index contributed by atoms with van der Waals surface area (Å²) in [6.07, 6.45) is -0.339. The van der Waals surface area contributed by atoms with Gasteiger partial charge in [0.05, 0.1) is 19.8 Å². The van der Waals surface area contributed by atoms with Gasteiger partial charge >= 0.3 is 12.1 Å². The molecule has 0 radical (unpaired) electrons. The molecule has 1 heterocycles. The van der Waals surface area contributed by atoms with E-state index in [0.717, 1.165) is 30.6 Å². The molecule has 0 amide bonds. The van der Waals surface area contributed by atoms with Gasteiger partial charge in [0.2, 0.25) is 5.95 Å². The molecule has 0 aromatic carbocycles. The average Bonchev–Trinajstić information content (AvgIpc) is 2.70. The van der Waals surface area contributed by atoms with Gasteiger partial charge in [0, 0.05) is 20.2 Å². The second kappa shape index (κ2) is 12.1. The molecule has 1 aliphatic rings. The Kier molecular flexibility index (Phi) is 10.6. The van der Waals surface area contributed by atoms with Crippen molar-refractivity contribution in [3.05, 3.63) is 11.5 Å². The third-order valence-corrected chi connectivity index (χ3v) is 3.97. The Morgan fingerprint density at radius 1 is 0.923 bits per heavy atom. The van der Waals surface area contributed by atoms with E-state index in [-0.39, 0.29) is 26.3 Å². The smallest absolute Gasteiger partial charge is 0.427 e. The molecule has 1 fully saturated rings. The molecule has 1 rings (SSSR count). The van der Waals surface area contributed by atoms with Gasteiger partial charge in [-0.1, -0.05) is 25.7 Å². The molecule has 9 heteroatoms. The Bertz CT molecular complexity index is 445. The fourth-order valence-electron chi connectivity index (χ4n) is 2.61. The number of hydrogen-bond donors (Lipinski definition) is 0. The van der Waals surface area contributed by atoms with Crippen molar-refractivity contribution >= 4 is 5.97 Å². The number of ether oxygens (including phenoxy) is 3. The Morgan fingerprint density at radius 2 is 1.46 bits per heavy atom. The van der Waals surface area contributed by atoms with E-state index in [1.165, 1.54) is 7.11 Å². The van der Waals surface area contributed by atoms with E-state index in [0.29, 0.717) is 19.4 Å². The van der Waals surface area contributed by atoms with Crippen molar-refractivity contribution in [1.82, 2.24) is 4.90 Å². The quantitative estimate of drug-likeness (QED) is 0.210. The van der Waals surface area contributed by atoms with Crippen molar-refractivity contribution in [2.75, 3.05) is 46.6 Å². The highest BCUT2D eigenvalue weighted by molar-refractivity contribution is 5.90. The van der Waals surface area contributed by atoms with Gasteiger partial charge in [-0.3, -0.25) is 0 Å². The molecule has 26 heavy (non-hydrogen) atoms. The number of esters is 1. The van der Waals surface area contributed by atoms with Gasteiger partial charge in [0.25, 0.3) is 0 Å². The molecule has 0 atom stereocenters. The average molecular weight is 385 g/mol. The number of alkyl halides is 3. The number of hydrogen-bond acceptors (Lipinski definition) is 5. The third-order valence-electron chi connectivity index (χ3n) is 3.97. The van der Waals surface area contributed by atoms with Crippen LogP contribution >= 0.6 is 0 Å². The van der Waals surface area contributed by atoms with Crippen molar-refractivity contribution in [3.8, 4) is 0 Å². The standard InChI is InChI=1S/C17H27F4NO4/c1-24-10-11-25-12-13-26-16(23)14(17(19,20)21)15(18)22-8-6-4-2-3-5-7-9-22/h2-13H2,1H3/b15-14+. The molecule has 152 valence electrons. The fourth-order valence-corrected chi connectivity index (χ4v) is 2.61. The van der Waals surface area contributed by atoms with Crippen molar-refractivity contribution in [2.24, 2.45) is 0 Å². The van der Waals surface area contributed by atoms with Crippen LogP contribution in [0.25, 0.3) is 0 Å². The van der Waals surface area contributed by atoms with E-state index in [1.54, 1.807) is 0 Å². The van der Waals surface area contributed by atoms with Gasteiger partial charge in [0.15, 0.2) is 5.57 Å². The van der Waals surface area contributed by atoms with Crippen LogP contribution in [0.15, 0.2) is 11.5 Å². The van der Waals surface area contributed by atoms with Crippen LogP contribution in [0.2, 0.25) is 0 Å². The van der Waals surface area contributed by atoms with Crippen molar-refractivity contribution in [3.63, 3.8) is 0 Å². The zero-order chi connectivity index (χ0) is 19.4. The SMILES string of the molecule is COCCOCCOC(=O)/C(=C(/F)N1CCCCCCCC1)C(F)(F)F. The summed E-state index contributed by atoms with van der Waals surface area (Å²) >= 11 is 0. The summed E-state index contributed by atoms with van der Waals surface area (Å²) < 4.78 is 68.6. The highest BCUT2D eigenvalue weighted by Crippen LogP contribution is 2.32. The molecule has 0 bridgehead atoms. The second-order valence-corrected chi connectivity index (χ2v) is 6.01. The Balaban J connectivity index is 2.75. The minimum atomic E-state index is -5.13. The molecule has 5 nitrogen and oxygen atoms in total. The summed E-state index contributed by atoms with van der Waals surface area (Å²) in [5.74, 6) is -3.27. The topological polar surface area (TPSA) is 48.0 Å². The van der Waals surface area contributed by atoms with Gasteiger partial charge < -0.3 is 19.1 Å². The molecule has 1 aliphatic heterocycles. The number of halogens is 4. The maximum Gasteiger partial charge on any atom is 0.427 e. The first-order valence-electron chi connectivity index (χ1n) is 8.83. The maximum atomic E-state index is 14.6. The van der Waals surface area contributed by atoms with E-state index >= 15 is 0 Å². The van der Waals surface area contributed by atoms with Crippen LogP contribution in [0.3, 0.4) is 0 Å². The number of carbonyl (C=O) groups excluding carboxylic acids is 1. The largest absolute Gasteiger partial charge is 0.460 e. The number of nitrogens with zero attached hydrogens (tertiary/aromatic N) is 1. The Morgan fingerprint density at radius 3 is 2.00 bits per heavy atom. The van der Waals surface area contributed by atoms with Crippen LogP contribution < -0.4 is 0 Å². The van der Waals surface area contributed by atoms with E-state index in [2.05, 4.69) is 4.74 Å². The minimum Gasteiger partial charge on any atom is -0.460 e. The van der Waals surface area contributed by atoms with Gasteiger partial charge in [-0.2, -0.15) is 17.6 Å². The number of methoxy groups -OCH3 is 1. The molecular formula is C17H27F4NO4. The summed E-state index contributed by atoms with van der Waals surface area (Å²) in [6, 6.07) is 0. The summed E-state index contributed by atoms with van der Waals surface area (Å²) in [7, 11) is 1.47. The van der Waals surface area contributed by atoms with Gasteiger partial charge in [-0.25, -0.2) is 4.79 Å². The molecule has 0 aromatic heterocycles. The first kappa shape index (κ1) is 22.7. The second-order valence-electron chi connectivity index (χ2n) is 6.01. The van der Waals surface area contributed by atoms with Gasteiger partial charge in [-0.15, -0.1) is 0 Å². The minimum absolute atomic E-state index is 0.0917. The zero-order valence-corrected chi connectivity index (χ0v) is 15.1. The first-order valence-corrected chi connectivity index (χ1v) is 8.83. The van der Waals surface area contributed by atoms with Crippen LogP contribution in [0.1, 0.15) is 38.5 Å². The van der Waals surface area contributed by atoms with Crippen LogP contribution in [-0.2, 0) is 19.0 Å². The van der Waals surface area contributed by atoms with E-state index < -0.39 is 30.3 Å². The summed E-state index contributed by atoms with van der Waals surface area (Å²) in [5, 5.41) is 0. The monoisotopic (exact) mass is 385 g/mol. The van der Waals surface area contributed by atoms with Crippen LogP contribution in [0.5, 0.6) is 0 Å². The Hall–Kier alpha value is -1.35. The maximum absolute atomic E-state index is 14.6. The van der Waals surface area contributed by atoms with Crippen molar-refractivity contribution in [1.29, 1.82) is 0 Å². The van der Waals surface area contributed by atoms with Gasteiger partial charge in [-0.05, 0) is 12.8 Å². The molecule has 0 N–H and O–H groups in total. The van der Waals surface area contributed by atoms with E-state index in [1.807, 2.05) is 0 Å². The molecule has 0 aromatic rings. The lowest BCUT2D eigenvalue weighted by atomic mass is 10.1. The predicted molar refractivity (Wildman–Crippen MR) is 87.1 cm³/mol. The summed E-state index contributed by atoms with van der Waals surface area (Å²) in [6.45, 7) is 0.349. The van der Waals surface area contributed by atoms with Crippen LogP contribution in [0.4, 0.5) is 17.6 Å². The molecule has 0 unspecified atom stereocenters. The van der Waals surface area contributed by atoms with Crippen molar-refractivity contribution in [2.45, 2.75) is 44.7 Å². The highest BCUT2D eigenvalue weighted by atomic mass is 19.4. The van der Waals surface area contributed by atoms with Crippen LogP contribution in [0, 0.1) is 0 Å². The van der Waals surface area contributed by atoms with Crippen LogP contribution in [-0.4, -0.2) is 63.7 Å². The molecule has 0 saturated carbocycles. The normalized spacial score (nSPS) is 17.8. The molecule has 0 spiro atoms. The number of rotatable bonds is 8. The highest BCUT2D eigenvalue weighted by Gasteiger charge is 2.44. The van der Waals surface area contributed by atoms with E-state index in [9.17, 15) is 22.4 Å².